The molecular formula is C15H16F2N2O5S. The summed E-state index contributed by atoms with van der Waals surface area (Å²) in [5.74, 6) is -2.97. The van der Waals surface area contributed by atoms with Crippen LogP contribution in [0.15, 0.2) is 35.4 Å². The van der Waals surface area contributed by atoms with E-state index in [1.165, 1.54) is 18.3 Å². The minimum Gasteiger partial charge on any atom is -0.506 e. The minimum absolute atomic E-state index is 0.00714. The summed E-state index contributed by atoms with van der Waals surface area (Å²) >= 11 is 0.669. The number of pyridine rings is 2. The summed E-state index contributed by atoms with van der Waals surface area (Å²) in [5, 5.41) is 9.53. The van der Waals surface area contributed by atoms with Crippen LogP contribution in [0.4, 0.5) is 8.78 Å². The maximum absolute atomic E-state index is 12.8. The molecule has 0 atom stereocenters. The van der Waals surface area contributed by atoms with Gasteiger partial charge in [-0.25, -0.2) is 13.8 Å². The molecule has 7 nitrogen and oxygen atoms in total. The highest BCUT2D eigenvalue weighted by Gasteiger charge is 2.22. The van der Waals surface area contributed by atoms with Crippen LogP contribution in [0, 0.1) is 0 Å². The molecule has 10 heteroatoms. The smallest absolute Gasteiger partial charge is 0.278 e. The molecule has 0 amide bonds. The van der Waals surface area contributed by atoms with Crippen LogP contribution in [0.1, 0.15) is 13.8 Å². The van der Waals surface area contributed by atoms with Gasteiger partial charge in [0.05, 0.1) is 12.8 Å². The molecule has 0 aliphatic rings. The number of hydrogen-bond acceptors (Lipinski definition) is 7. The number of aromatic nitrogens is 2. The molecule has 2 aromatic heterocycles. The highest BCUT2D eigenvalue weighted by Crippen LogP contribution is 2.27. The van der Waals surface area contributed by atoms with Crippen LogP contribution in [0.25, 0.3) is 5.82 Å². The summed E-state index contributed by atoms with van der Waals surface area (Å²) < 4.78 is 41.9. The lowest BCUT2D eigenvalue weighted by atomic mass is 10.3. The molecule has 0 fully saturated rings. The summed E-state index contributed by atoms with van der Waals surface area (Å²) in [6, 6.07) is 3.67. The summed E-state index contributed by atoms with van der Waals surface area (Å²) in [5.41, 5.74) is -0.568. The van der Waals surface area contributed by atoms with Crippen LogP contribution >= 0.6 is 12.3 Å². The number of aromatic hydroxyl groups is 1. The van der Waals surface area contributed by atoms with Crippen LogP contribution in [-0.4, -0.2) is 33.8 Å². The molecule has 0 aliphatic heterocycles. The van der Waals surface area contributed by atoms with E-state index in [1.807, 2.05) is 0 Å². The molecule has 2 heterocycles. The van der Waals surface area contributed by atoms with Gasteiger partial charge in [-0.2, -0.15) is 0 Å². The van der Waals surface area contributed by atoms with E-state index < -0.39 is 18.1 Å². The first kappa shape index (κ1) is 19.0. The Balaban J connectivity index is 2.27. The topological polar surface area (TPSA) is 82.8 Å². The van der Waals surface area contributed by atoms with E-state index in [0.29, 0.717) is 25.9 Å². The van der Waals surface area contributed by atoms with Gasteiger partial charge in [0, 0.05) is 25.3 Å². The molecule has 0 saturated carbocycles. The minimum atomic E-state index is -3.01. The van der Waals surface area contributed by atoms with E-state index in [1.54, 1.807) is 6.92 Å². The summed E-state index contributed by atoms with van der Waals surface area (Å²) in [4.78, 5) is 16.2. The fourth-order valence-electron chi connectivity index (χ4n) is 1.71. The molecule has 0 aromatic carbocycles. The number of ether oxygens (including phenoxy) is 1. The van der Waals surface area contributed by atoms with Crippen molar-refractivity contribution in [2.45, 2.75) is 19.8 Å². The second-order valence-corrected chi connectivity index (χ2v) is 5.54. The zero-order valence-electron chi connectivity index (χ0n) is 13.4. The highest BCUT2D eigenvalue weighted by atomic mass is 32.2. The van der Waals surface area contributed by atoms with Crippen molar-refractivity contribution >= 4 is 12.3 Å². The van der Waals surface area contributed by atoms with Crippen molar-refractivity contribution in [2.75, 3.05) is 13.2 Å². The number of halogens is 2. The molecule has 2 aromatic rings. The van der Waals surface area contributed by atoms with Gasteiger partial charge >= 0.3 is 0 Å². The quantitative estimate of drug-likeness (QED) is 0.562. The molecule has 1 N–H and O–H groups in total. The zero-order chi connectivity index (χ0) is 18.4. The fraction of sp³-hybridized carbons (Fsp3) is 0.333. The van der Waals surface area contributed by atoms with Crippen molar-refractivity contribution in [1.29, 1.82) is 0 Å². The maximum Gasteiger partial charge on any atom is 0.278 e. The lowest BCUT2D eigenvalue weighted by molar-refractivity contribution is -0.0230. The van der Waals surface area contributed by atoms with Gasteiger partial charge in [0.2, 0.25) is 12.3 Å². The monoisotopic (exact) mass is 374 g/mol. The summed E-state index contributed by atoms with van der Waals surface area (Å²) in [6.07, 6.45) is 2.45. The average molecular weight is 374 g/mol. The molecule has 0 spiro atoms. The predicted octanol–water partition coefficient (Wildman–Crippen LogP) is 2.95. The molecule has 0 unspecified atom stereocenters. The number of rotatable bonds is 8. The van der Waals surface area contributed by atoms with E-state index in [9.17, 15) is 18.7 Å². The molecule has 0 saturated heterocycles. The van der Waals surface area contributed by atoms with E-state index in [4.69, 9.17) is 13.1 Å². The molecule has 136 valence electrons. The SMILES string of the molecule is CCOSOc1cc(O)cnc1-n1ccc(OCC(C)(F)F)cc1=O. The lowest BCUT2D eigenvalue weighted by Gasteiger charge is -2.13. The molecular weight excluding hydrogens is 358 g/mol. The van der Waals surface area contributed by atoms with Gasteiger partial charge in [-0.1, -0.05) is 0 Å². The van der Waals surface area contributed by atoms with Crippen LogP contribution in [-0.2, 0) is 4.18 Å². The first-order valence-corrected chi connectivity index (χ1v) is 7.85. The fourth-order valence-corrected chi connectivity index (χ4v) is 2.05. The van der Waals surface area contributed by atoms with Crippen molar-refractivity contribution in [1.82, 2.24) is 9.55 Å². The Bertz CT molecular complexity index is 779. The van der Waals surface area contributed by atoms with Gasteiger partial charge in [0.15, 0.2) is 18.2 Å². The van der Waals surface area contributed by atoms with E-state index in [2.05, 4.69) is 4.98 Å². The Hall–Kier alpha value is -2.33. The van der Waals surface area contributed by atoms with Crippen LogP contribution < -0.4 is 14.5 Å². The summed E-state index contributed by atoms with van der Waals surface area (Å²) in [6.45, 7) is 2.03. The molecule has 25 heavy (non-hydrogen) atoms. The van der Waals surface area contributed by atoms with Crippen molar-refractivity contribution in [2.24, 2.45) is 0 Å². The molecule has 0 bridgehead atoms. The third-order valence-corrected chi connectivity index (χ3v) is 3.30. The van der Waals surface area contributed by atoms with Gasteiger partial charge in [-0.05, 0) is 13.0 Å². The third-order valence-electron chi connectivity index (χ3n) is 2.72. The zero-order valence-corrected chi connectivity index (χ0v) is 14.3. The van der Waals surface area contributed by atoms with E-state index in [-0.39, 0.29) is 23.1 Å². The van der Waals surface area contributed by atoms with E-state index >= 15 is 0 Å². The first-order chi connectivity index (χ1) is 11.8. The number of alkyl halides is 2. The van der Waals surface area contributed by atoms with Gasteiger partial charge in [0.1, 0.15) is 11.5 Å². The van der Waals surface area contributed by atoms with Crippen molar-refractivity contribution in [3.05, 3.63) is 40.9 Å². The Morgan fingerprint density at radius 3 is 2.80 bits per heavy atom. The van der Waals surface area contributed by atoms with Gasteiger partial charge in [-0.15, -0.1) is 0 Å². The lowest BCUT2D eigenvalue weighted by Crippen LogP contribution is -2.23. The van der Waals surface area contributed by atoms with Crippen molar-refractivity contribution < 1.29 is 27.0 Å². The average Bonchev–Trinajstić information content (AvgIpc) is 2.53. The standard InChI is InChI=1S/C15H16F2N2O5S/c1-3-23-25-24-12-6-10(20)8-18-14(12)19-5-4-11(7-13(19)21)22-9-15(2,16)17/h4-8,20H,3,9H2,1-2H3. The molecule has 2 rings (SSSR count). The van der Waals surface area contributed by atoms with Crippen LogP contribution in [0.5, 0.6) is 17.2 Å². The Morgan fingerprint density at radius 1 is 1.40 bits per heavy atom. The Morgan fingerprint density at radius 2 is 2.16 bits per heavy atom. The second-order valence-electron chi connectivity index (χ2n) is 5.00. The largest absolute Gasteiger partial charge is 0.506 e. The normalized spacial score (nSPS) is 11.4. The van der Waals surface area contributed by atoms with Gasteiger partial charge < -0.3 is 14.0 Å². The Labute approximate surface area is 146 Å². The number of nitrogens with zero attached hydrogens (tertiary/aromatic N) is 2. The predicted molar refractivity (Wildman–Crippen MR) is 87.5 cm³/mol. The number of hydrogen-bond donors (Lipinski definition) is 1. The van der Waals surface area contributed by atoms with Crippen molar-refractivity contribution in [3.63, 3.8) is 0 Å². The molecule has 0 aliphatic carbocycles. The van der Waals surface area contributed by atoms with Crippen LogP contribution in [0.2, 0.25) is 0 Å². The highest BCUT2D eigenvalue weighted by molar-refractivity contribution is 7.90. The third kappa shape index (κ3) is 5.61. The maximum atomic E-state index is 12.8. The van der Waals surface area contributed by atoms with Gasteiger partial charge in [-0.3, -0.25) is 13.5 Å². The molecule has 0 radical (unpaired) electrons. The first-order valence-electron chi connectivity index (χ1n) is 7.19. The van der Waals surface area contributed by atoms with Crippen LogP contribution in [0.3, 0.4) is 0 Å². The second kappa shape index (κ2) is 8.17. The van der Waals surface area contributed by atoms with Crippen molar-refractivity contribution in [3.8, 4) is 23.1 Å². The summed E-state index contributed by atoms with van der Waals surface area (Å²) in [7, 11) is 0. The van der Waals surface area contributed by atoms with E-state index in [0.717, 1.165) is 16.8 Å². The van der Waals surface area contributed by atoms with Gasteiger partial charge in [0.25, 0.3) is 11.5 Å². The Kier molecular flexibility index (Phi) is 6.21.